The Bertz CT molecular complexity index is 534. The lowest BCUT2D eigenvalue weighted by atomic mass is 10.0. The van der Waals surface area contributed by atoms with Gasteiger partial charge in [-0.15, -0.1) is 0 Å². The summed E-state index contributed by atoms with van der Waals surface area (Å²) in [6.45, 7) is 0.985. The average Bonchev–Trinajstić information content (AvgIpc) is 2.49. The van der Waals surface area contributed by atoms with Gasteiger partial charge in [-0.25, -0.2) is 4.79 Å². The normalized spacial score (nSPS) is 14.7. The number of nitrogens with zero attached hydrogens (tertiary/aromatic N) is 2. The minimum absolute atomic E-state index is 0.155. The minimum atomic E-state index is -4.18. The van der Waals surface area contributed by atoms with Crippen molar-refractivity contribution in [2.45, 2.75) is 25.6 Å². The summed E-state index contributed by atoms with van der Waals surface area (Å²) in [6.07, 6.45) is -2.86. The first-order valence-electron chi connectivity index (χ1n) is 7.70. The molecule has 7 heteroatoms. The van der Waals surface area contributed by atoms with Crippen molar-refractivity contribution in [1.29, 1.82) is 0 Å². The van der Waals surface area contributed by atoms with Gasteiger partial charge in [-0.05, 0) is 37.6 Å². The number of benzene rings is 1. The molecule has 23 heavy (non-hydrogen) atoms. The summed E-state index contributed by atoms with van der Waals surface area (Å²) in [5, 5.41) is 2.78. The molecule has 1 aliphatic heterocycles. The first-order valence-corrected chi connectivity index (χ1v) is 7.70. The van der Waals surface area contributed by atoms with E-state index < -0.39 is 12.7 Å². The van der Waals surface area contributed by atoms with Gasteiger partial charge in [-0.1, -0.05) is 24.3 Å². The standard InChI is InChI=1S/C16H22F3N3O/c1-21(12-16(17,18)19)9-4-8-20-15(23)22-10-7-13-5-2-3-6-14(13)11-22/h2-3,5-6H,4,7-12H2,1H3,(H,20,23). The summed E-state index contributed by atoms with van der Waals surface area (Å²) in [5.74, 6) is 0. The molecule has 0 unspecified atom stereocenters. The number of urea groups is 1. The molecule has 1 N–H and O–H groups in total. The molecule has 0 aromatic heterocycles. The Balaban J connectivity index is 1.68. The van der Waals surface area contributed by atoms with E-state index in [1.807, 2.05) is 18.2 Å². The molecule has 1 aromatic rings. The van der Waals surface area contributed by atoms with Crippen molar-refractivity contribution in [3.05, 3.63) is 35.4 Å². The van der Waals surface area contributed by atoms with Crippen LogP contribution in [0.25, 0.3) is 0 Å². The fourth-order valence-corrected chi connectivity index (χ4v) is 2.71. The van der Waals surface area contributed by atoms with Gasteiger partial charge in [-0.2, -0.15) is 13.2 Å². The number of nitrogens with one attached hydrogen (secondary N) is 1. The van der Waals surface area contributed by atoms with Gasteiger partial charge in [0, 0.05) is 19.6 Å². The second-order valence-electron chi connectivity index (χ2n) is 5.88. The van der Waals surface area contributed by atoms with Gasteiger partial charge in [0.25, 0.3) is 0 Å². The van der Waals surface area contributed by atoms with Crippen LogP contribution in [-0.2, 0) is 13.0 Å². The molecule has 1 aliphatic rings. The molecule has 0 spiro atoms. The molecule has 128 valence electrons. The largest absolute Gasteiger partial charge is 0.401 e. The van der Waals surface area contributed by atoms with Crippen LogP contribution < -0.4 is 5.32 Å². The maximum absolute atomic E-state index is 12.2. The second-order valence-corrected chi connectivity index (χ2v) is 5.88. The van der Waals surface area contributed by atoms with Gasteiger partial charge >= 0.3 is 12.2 Å². The van der Waals surface area contributed by atoms with Crippen molar-refractivity contribution in [3.63, 3.8) is 0 Å². The highest BCUT2D eigenvalue weighted by atomic mass is 19.4. The fourth-order valence-electron chi connectivity index (χ4n) is 2.71. The number of carbonyl (C=O) groups is 1. The molecule has 1 heterocycles. The number of fused-ring (bicyclic) bond motifs is 1. The number of carbonyl (C=O) groups excluding carboxylic acids is 1. The van der Waals surface area contributed by atoms with Crippen LogP contribution in [-0.4, -0.2) is 55.2 Å². The summed E-state index contributed by atoms with van der Waals surface area (Å²) >= 11 is 0. The topological polar surface area (TPSA) is 35.6 Å². The third-order valence-electron chi connectivity index (χ3n) is 3.86. The Hall–Kier alpha value is -1.76. The van der Waals surface area contributed by atoms with E-state index >= 15 is 0 Å². The fraction of sp³-hybridized carbons (Fsp3) is 0.562. The molecule has 0 saturated heterocycles. The number of halogens is 3. The lowest BCUT2D eigenvalue weighted by Crippen LogP contribution is -2.43. The zero-order valence-electron chi connectivity index (χ0n) is 13.2. The van der Waals surface area contributed by atoms with Gasteiger partial charge < -0.3 is 10.2 Å². The quantitative estimate of drug-likeness (QED) is 0.843. The maximum atomic E-state index is 12.2. The summed E-state index contributed by atoms with van der Waals surface area (Å²) in [4.78, 5) is 15.1. The molecule has 1 aromatic carbocycles. The third-order valence-corrected chi connectivity index (χ3v) is 3.86. The predicted molar refractivity (Wildman–Crippen MR) is 82.1 cm³/mol. The van der Waals surface area contributed by atoms with Crippen LogP contribution in [0.4, 0.5) is 18.0 Å². The monoisotopic (exact) mass is 329 g/mol. The van der Waals surface area contributed by atoms with Crippen LogP contribution in [0, 0.1) is 0 Å². The van der Waals surface area contributed by atoms with Gasteiger partial charge in [0.1, 0.15) is 0 Å². The van der Waals surface area contributed by atoms with Gasteiger partial charge in [0.15, 0.2) is 0 Å². The van der Waals surface area contributed by atoms with Crippen LogP contribution in [0.3, 0.4) is 0 Å². The van der Waals surface area contributed by atoms with E-state index in [1.165, 1.54) is 17.5 Å². The molecule has 2 rings (SSSR count). The molecule has 0 aliphatic carbocycles. The summed E-state index contributed by atoms with van der Waals surface area (Å²) in [5.41, 5.74) is 2.42. The average molecular weight is 329 g/mol. The molecule has 0 saturated carbocycles. The highest BCUT2D eigenvalue weighted by Gasteiger charge is 2.28. The minimum Gasteiger partial charge on any atom is -0.338 e. The maximum Gasteiger partial charge on any atom is 0.401 e. The smallest absolute Gasteiger partial charge is 0.338 e. The van der Waals surface area contributed by atoms with Gasteiger partial charge in [-0.3, -0.25) is 4.90 Å². The zero-order valence-corrected chi connectivity index (χ0v) is 13.2. The third kappa shape index (κ3) is 5.74. The van der Waals surface area contributed by atoms with Crippen LogP contribution in [0.15, 0.2) is 24.3 Å². The van der Waals surface area contributed by atoms with E-state index in [9.17, 15) is 18.0 Å². The van der Waals surface area contributed by atoms with Crippen LogP contribution >= 0.6 is 0 Å². The molecule has 2 amide bonds. The SMILES string of the molecule is CN(CCCNC(=O)N1CCc2ccccc2C1)CC(F)(F)F. The Kier molecular flexibility index (Phi) is 5.87. The van der Waals surface area contributed by atoms with Crippen molar-refractivity contribution in [3.8, 4) is 0 Å². The van der Waals surface area contributed by atoms with Crippen molar-refractivity contribution in [2.75, 3.05) is 33.2 Å². The Morgan fingerprint density at radius 3 is 2.70 bits per heavy atom. The van der Waals surface area contributed by atoms with E-state index in [0.29, 0.717) is 32.6 Å². The molecule has 0 bridgehead atoms. The van der Waals surface area contributed by atoms with E-state index in [4.69, 9.17) is 0 Å². The Morgan fingerprint density at radius 2 is 2.00 bits per heavy atom. The van der Waals surface area contributed by atoms with Crippen molar-refractivity contribution in [2.24, 2.45) is 0 Å². The van der Waals surface area contributed by atoms with E-state index in [-0.39, 0.29) is 6.03 Å². The number of hydrogen-bond donors (Lipinski definition) is 1. The highest BCUT2D eigenvalue weighted by molar-refractivity contribution is 5.74. The van der Waals surface area contributed by atoms with Crippen LogP contribution in [0.2, 0.25) is 0 Å². The van der Waals surface area contributed by atoms with E-state index in [0.717, 1.165) is 12.0 Å². The van der Waals surface area contributed by atoms with Gasteiger partial charge in [0.2, 0.25) is 0 Å². The van der Waals surface area contributed by atoms with Crippen molar-refractivity contribution >= 4 is 6.03 Å². The number of rotatable bonds is 5. The van der Waals surface area contributed by atoms with Crippen LogP contribution in [0.5, 0.6) is 0 Å². The molecule has 4 nitrogen and oxygen atoms in total. The lowest BCUT2D eigenvalue weighted by Gasteiger charge is -2.29. The predicted octanol–water partition coefficient (Wildman–Crippen LogP) is 2.64. The summed E-state index contributed by atoms with van der Waals surface area (Å²) < 4.78 is 36.6. The lowest BCUT2D eigenvalue weighted by molar-refractivity contribution is -0.143. The Labute approximate surface area is 134 Å². The first-order chi connectivity index (χ1) is 10.8. The molecule has 0 atom stereocenters. The highest BCUT2D eigenvalue weighted by Crippen LogP contribution is 2.18. The number of amides is 2. The zero-order chi connectivity index (χ0) is 16.9. The molecule has 0 radical (unpaired) electrons. The molecular weight excluding hydrogens is 307 g/mol. The Morgan fingerprint density at radius 1 is 1.30 bits per heavy atom. The van der Waals surface area contributed by atoms with E-state index in [2.05, 4.69) is 11.4 Å². The van der Waals surface area contributed by atoms with Crippen molar-refractivity contribution < 1.29 is 18.0 Å². The number of hydrogen-bond acceptors (Lipinski definition) is 2. The first kappa shape index (κ1) is 17.6. The van der Waals surface area contributed by atoms with Crippen LogP contribution in [0.1, 0.15) is 17.5 Å². The second kappa shape index (κ2) is 7.68. The summed E-state index contributed by atoms with van der Waals surface area (Å²) in [7, 11) is 1.43. The summed E-state index contributed by atoms with van der Waals surface area (Å²) in [6, 6.07) is 7.88. The number of alkyl halides is 3. The molecular formula is C16H22F3N3O. The van der Waals surface area contributed by atoms with Gasteiger partial charge in [0.05, 0.1) is 6.54 Å². The molecule has 0 fully saturated rings. The van der Waals surface area contributed by atoms with E-state index in [1.54, 1.807) is 4.90 Å². The van der Waals surface area contributed by atoms with Crippen molar-refractivity contribution in [1.82, 2.24) is 15.1 Å².